The molecule has 2 amide bonds. The molecule has 1 aromatic heterocycles. The van der Waals surface area contributed by atoms with Gasteiger partial charge in [0.05, 0.1) is 24.4 Å². The monoisotopic (exact) mass is 463 g/mol. The molecule has 0 aliphatic carbocycles. The highest BCUT2D eigenvalue weighted by Crippen LogP contribution is 2.13. The number of nitrogens with zero attached hydrogens (tertiary/aromatic N) is 1. The van der Waals surface area contributed by atoms with E-state index in [1.54, 1.807) is 6.92 Å². The summed E-state index contributed by atoms with van der Waals surface area (Å²) in [6.07, 6.45) is 2.38. The van der Waals surface area contributed by atoms with Gasteiger partial charge in [-0.05, 0) is 25.3 Å². The number of methoxy groups -OCH3 is 2. The number of carbonyl (C=O) groups is 3. The topological polar surface area (TPSA) is 116 Å². The standard InChI is InChI=1S/C22H29N3O6S/c1-15-23-13-19(32-15)21(27)24-17(10-9-16-7-5-4-6-8-16)20(26)25-18(14-30-3)22(28)31-12-11-29-2/h4-8,13,17-18H,9-12,14H2,1-3H3,(H,24,27)(H,25,26)/t17-,18-/m0/s1. The first-order valence-corrected chi connectivity index (χ1v) is 11.0. The third kappa shape index (κ3) is 8.37. The molecule has 0 bridgehead atoms. The van der Waals surface area contributed by atoms with Crippen LogP contribution in [0.15, 0.2) is 36.5 Å². The molecule has 2 N–H and O–H groups in total. The summed E-state index contributed by atoms with van der Waals surface area (Å²) in [5, 5.41) is 6.15. The van der Waals surface area contributed by atoms with Crippen LogP contribution < -0.4 is 10.6 Å². The molecule has 0 saturated carbocycles. The first-order chi connectivity index (χ1) is 15.4. The van der Waals surface area contributed by atoms with Crippen LogP contribution in [0, 0.1) is 6.92 Å². The minimum Gasteiger partial charge on any atom is -0.462 e. The van der Waals surface area contributed by atoms with Crippen LogP contribution in [0.4, 0.5) is 0 Å². The number of hydrogen-bond acceptors (Lipinski definition) is 8. The van der Waals surface area contributed by atoms with E-state index in [2.05, 4.69) is 15.6 Å². The summed E-state index contributed by atoms with van der Waals surface area (Å²) in [4.78, 5) is 42.5. The molecular weight excluding hydrogens is 434 g/mol. The van der Waals surface area contributed by atoms with E-state index < -0.39 is 29.9 Å². The van der Waals surface area contributed by atoms with Gasteiger partial charge in [-0.15, -0.1) is 11.3 Å². The molecule has 0 aliphatic heterocycles. The summed E-state index contributed by atoms with van der Waals surface area (Å²) < 4.78 is 15.0. The van der Waals surface area contributed by atoms with Crippen molar-refractivity contribution in [3.8, 4) is 0 Å². The number of esters is 1. The van der Waals surface area contributed by atoms with Crippen LogP contribution >= 0.6 is 11.3 Å². The molecule has 2 atom stereocenters. The molecule has 32 heavy (non-hydrogen) atoms. The lowest BCUT2D eigenvalue weighted by Gasteiger charge is -2.22. The Balaban J connectivity index is 2.09. The summed E-state index contributed by atoms with van der Waals surface area (Å²) in [6.45, 7) is 2.03. The minimum absolute atomic E-state index is 0.0598. The Bertz CT molecular complexity index is 874. The highest BCUT2D eigenvalue weighted by atomic mass is 32.1. The van der Waals surface area contributed by atoms with Gasteiger partial charge in [0.2, 0.25) is 5.91 Å². The number of amides is 2. The van der Waals surface area contributed by atoms with Crippen LogP contribution in [-0.4, -0.2) is 68.9 Å². The van der Waals surface area contributed by atoms with E-state index in [1.807, 2.05) is 30.3 Å². The van der Waals surface area contributed by atoms with E-state index in [4.69, 9.17) is 14.2 Å². The van der Waals surface area contributed by atoms with Crippen LogP contribution in [0.1, 0.15) is 26.7 Å². The summed E-state index contributed by atoms with van der Waals surface area (Å²) in [5.41, 5.74) is 1.03. The highest BCUT2D eigenvalue weighted by Gasteiger charge is 2.28. The third-order valence-electron chi connectivity index (χ3n) is 4.50. The van der Waals surface area contributed by atoms with Crippen molar-refractivity contribution in [1.29, 1.82) is 0 Å². The van der Waals surface area contributed by atoms with Crippen LogP contribution in [0.3, 0.4) is 0 Å². The number of thiazole rings is 1. The second-order valence-corrected chi connectivity index (χ2v) is 8.21. The van der Waals surface area contributed by atoms with Crippen LogP contribution in [0.2, 0.25) is 0 Å². The number of benzene rings is 1. The Morgan fingerprint density at radius 2 is 1.78 bits per heavy atom. The van der Waals surface area contributed by atoms with Crippen molar-refractivity contribution in [3.05, 3.63) is 52.0 Å². The fourth-order valence-corrected chi connectivity index (χ4v) is 3.53. The summed E-state index contributed by atoms with van der Waals surface area (Å²) in [6, 6.07) is 7.75. The summed E-state index contributed by atoms with van der Waals surface area (Å²) in [5.74, 6) is -1.53. The zero-order chi connectivity index (χ0) is 23.3. The normalized spacial score (nSPS) is 12.6. The molecule has 174 valence electrons. The number of aryl methyl sites for hydroxylation is 2. The largest absolute Gasteiger partial charge is 0.462 e. The van der Waals surface area contributed by atoms with E-state index in [-0.39, 0.29) is 19.8 Å². The zero-order valence-electron chi connectivity index (χ0n) is 18.5. The number of aromatic nitrogens is 1. The molecule has 1 heterocycles. The average Bonchev–Trinajstić information content (AvgIpc) is 3.23. The third-order valence-corrected chi connectivity index (χ3v) is 5.41. The van der Waals surface area contributed by atoms with Gasteiger partial charge in [0.15, 0.2) is 6.04 Å². The molecule has 9 nitrogen and oxygen atoms in total. The van der Waals surface area contributed by atoms with E-state index in [9.17, 15) is 14.4 Å². The number of nitrogens with one attached hydrogen (secondary N) is 2. The Morgan fingerprint density at radius 1 is 1.03 bits per heavy atom. The lowest BCUT2D eigenvalue weighted by atomic mass is 10.0. The average molecular weight is 464 g/mol. The maximum absolute atomic E-state index is 13.0. The van der Waals surface area contributed by atoms with E-state index in [1.165, 1.54) is 31.8 Å². The van der Waals surface area contributed by atoms with E-state index >= 15 is 0 Å². The SMILES string of the molecule is COCCOC(=O)[C@H](COC)NC(=O)[C@H](CCc1ccccc1)NC(=O)c1cnc(C)s1. The fourth-order valence-electron chi connectivity index (χ4n) is 2.85. The van der Waals surface area contributed by atoms with Crippen LogP contribution in [-0.2, 0) is 30.2 Å². The number of rotatable bonds is 13. The summed E-state index contributed by atoms with van der Waals surface area (Å²) >= 11 is 1.24. The van der Waals surface area contributed by atoms with Gasteiger partial charge in [0.1, 0.15) is 17.5 Å². The van der Waals surface area contributed by atoms with Crippen molar-refractivity contribution in [1.82, 2.24) is 15.6 Å². The van der Waals surface area contributed by atoms with Gasteiger partial charge in [0.25, 0.3) is 5.91 Å². The molecule has 1 aromatic carbocycles. The van der Waals surface area contributed by atoms with Crippen molar-refractivity contribution < 1.29 is 28.6 Å². The quantitative estimate of drug-likeness (QED) is 0.342. The maximum atomic E-state index is 13.0. The Morgan fingerprint density at radius 3 is 2.41 bits per heavy atom. The smallest absolute Gasteiger partial charge is 0.331 e. The fraction of sp³-hybridized carbons (Fsp3) is 0.455. The van der Waals surface area contributed by atoms with Crippen molar-refractivity contribution in [2.24, 2.45) is 0 Å². The molecule has 0 aliphatic rings. The molecule has 0 radical (unpaired) electrons. The van der Waals surface area contributed by atoms with E-state index in [0.717, 1.165) is 10.6 Å². The second kappa shape index (κ2) is 13.6. The number of hydrogen-bond donors (Lipinski definition) is 2. The van der Waals surface area contributed by atoms with E-state index in [0.29, 0.717) is 17.7 Å². The Hall–Kier alpha value is -2.82. The lowest BCUT2D eigenvalue weighted by molar-refractivity contribution is -0.150. The molecule has 0 unspecified atom stereocenters. The lowest BCUT2D eigenvalue weighted by Crippen LogP contribution is -2.53. The van der Waals surface area contributed by atoms with Gasteiger partial charge < -0.3 is 24.8 Å². The first kappa shape index (κ1) is 25.4. The van der Waals surface area contributed by atoms with Crippen molar-refractivity contribution >= 4 is 29.1 Å². The maximum Gasteiger partial charge on any atom is 0.331 e. The van der Waals surface area contributed by atoms with Gasteiger partial charge in [-0.2, -0.15) is 0 Å². The van der Waals surface area contributed by atoms with Crippen molar-refractivity contribution in [2.45, 2.75) is 31.8 Å². The van der Waals surface area contributed by atoms with Gasteiger partial charge in [0, 0.05) is 14.2 Å². The summed E-state index contributed by atoms with van der Waals surface area (Å²) in [7, 11) is 2.91. The van der Waals surface area contributed by atoms with Gasteiger partial charge in [-0.1, -0.05) is 30.3 Å². The molecule has 2 rings (SSSR count). The predicted molar refractivity (Wildman–Crippen MR) is 120 cm³/mol. The first-order valence-electron chi connectivity index (χ1n) is 10.2. The molecule has 2 aromatic rings. The van der Waals surface area contributed by atoms with Gasteiger partial charge in [-0.25, -0.2) is 9.78 Å². The van der Waals surface area contributed by atoms with Crippen molar-refractivity contribution in [3.63, 3.8) is 0 Å². The van der Waals surface area contributed by atoms with Crippen LogP contribution in [0.5, 0.6) is 0 Å². The minimum atomic E-state index is -1.01. The number of carbonyl (C=O) groups excluding carboxylic acids is 3. The molecule has 0 spiro atoms. The van der Waals surface area contributed by atoms with Gasteiger partial charge in [-0.3, -0.25) is 9.59 Å². The molecule has 0 saturated heterocycles. The zero-order valence-corrected chi connectivity index (χ0v) is 19.3. The predicted octanol–water partition coefficient (Wildman–Crippen LogP) is 1.50. The second-order valence-electron chi connectivity index (χ2n) is 6.97. The van der Waals surface area contributed by atoms with Gasteiger partial charge >= 0.3 is 5.97 Å². The Labute approximate surface area is 191 Å². The molecule has 0 fully saturated rings. The molecular formula is C22H29N3O6S. The molecule has 10 heteroatoms. The number of ether oxygens (including phenoxy) is 3. The van der Waals surface area contributed by atoms with Crippen molar-refractivity contribution in [2.75, 3.05) is 34.0 Å². The highest BCUT2D eigenvalue weighted by molar-refractivity contribution is 7.13. The van der Waals surface area contributed by atoms with Crippen LogP contribution in [0.25, 0.3) is 0 Å². The Kier molecular flexibility index (Phi) is 10.8.